The Balaban J connectivity index is 0.00000200. The number of alkyl halides is 3. The van der Waals surface area contributed by atoms with Gasteiger partial charge < -0.3 is 5.73 Å². The first kappa shape index (κ1) is 17.2. The van der Waals surface area contributed by atoms with Gasteiger partial charge in [-0.25, -0.2) is 4.39 Å². The fourth-order valence-electron chi connectivity index (χ4n) is 2.86. The minimum absolute atomic E-state index is 0. The summed E-state index contributed by atoms with van der Waals surface area (Å²) in [5.41, 5.74) is 4.66. The predicted octanol–water partition coefficient (Wildman–Crippen LogP) is 4.85. The molecule has 1 aliphatic rings. The summed E-state index contributed by atoms with van der Waals surface area (Å²) in [5, 5.41) is 0. The summed E-state index contributed by atoms with van der Waals surface area (Å²) in [4.78, 5) is 0. The lowest BCUT2D eigenvalue weighted by Gasteiger charge is -2.29. The van der Waals surface area contributed by atoms with Crippen LogP contribution >= 0.6 is 12.4 Å². The van der Waals surface area contributed by atoms with Crippen LogP contribution in [0.5, 0.6) is 0 Å². The van der Waals surface area contributed by atoms with Crippen LogP contribution in [0.4, 0.5) is 17.6 Å². The number of hydrogen-bond donors (Lipinski definition) is 1. The van der Waals surface area contributed by atoms with E-state index in [0.717, 1.165) is 38.2 Å². The highest BCUT2D eigenvalue weighted by Crippen LogP contribution is 2.40. The van der Waals surface area contributed by atoms with Gasteiger partial charge in [0.15, 0.2) is 0 Å². The van der Waals surface area contributed by atoms with Crippen LogP contribution < -0.4 is 5.73 Å². The van der Waals surface area contributed by atoms with E-state index < -0.39 is 23.6 Å². The van der Waals surface area contributed by atoms with Crippen molar-refractivity contribution in [3.8, 4) is 0 Å². The lowest BCUT2D eigenvalue weighted by molar-refractivity contribution is -0.141. The van der Waals surface area contributed by atoms with Gasteiger partial charge in [0.05, 0.1) is 5.56 Å². The lowest BCUT2D eigenvalue weighted by Crippen LogP contribution is -2.27. The molecule has 20 heavy (non-hydrogen) atoms. The van der Waals surface area contributed by atoms with Crippen LogP contribution in [-0.4, -0.2) is 0 Å². The molecule has 6 heteroatoms. The van der Waals surface area contributed by atoms with E-state index in [1.165, 1.54) is 12.1 Å². The number of halogens is 5. The molecule has 1 nitrogen and oxygen atoms in total. The highest BCUT2D eigenvalue weighted by molar-refractivity contribution is 5.85. The van der Waals surface area contributed by atoms with Crippen LogP contribution in [0.2, 0.25) is 0 Å². The molecule has 2 N–H and O–H groups in total. The third-order valence-corrected chi connectivity index (χ3v) is 3.85. The Bertz CT molecular complexity index is 441. The fourth-order valence-corrected chi connectivity index (χ4v) is 2.86. The van der Waals surface area contributed by atoms with E-state index in [-0.39, 0.29) is 23.9 Å². The van der Waals surface area contributed by atoms with Crippen LogP contribution in [0.25, 0.3) is 0 Å². The maximum atomic E-state index is 13.5. The zero-order valence-corrected chi connectivity index (χ0v) is 11.7. The minimum Gasteiger partial charge on any atom is -0.324 e. The SMILES string of the molecule is Cl.N[C@@H](c1cccc(F)c1C(F)(F)F)C1CCCCC1. The van der Waals surface area contributed by atoms with Crippen molar-refractivity contribution in [3.63, 3.8) is 0 Å². The second-order valence-electron chi connectivity index (χ2n) is 5.13. The van der Waals surface area contributed by atoms with Crippen molar-refractivity contribution >= 4 is 12.4 Å². The molecule has 0 radical (unpaired) electrons. The van der Waals surface area contributed by atoms with Crippen LogP contribution in [0.15, 0.2) is 18.2 Å². The lowest BCUT2D eigenvalue weighted by atomic mass is 9.80. The van der Waals surface area contributed by atoms with Crippen molar-refractivity contribution in [1.29, 1.82) is 0 Å². The third-order valence-electron chi connectivity index (χ3n) is 3.85. The van der Waals surface area contributed by atoms with E-state index in [1.807, 2.05) is 0 Å². The van der Waals surface area contributed by atoms with Gasteiger partial charge in [-0.1, -0.05) is 31.4 Å². The van der Waals surface area contributed by atoms with Gasteiger partial charge in [0, 0.05) is 6.04 Å². The summed E-state index contributed by atoms with van der Waals surface area (Å²) >= 11 is 0. The second-order valence-corrected chi connectivity index (χ2v) is 5.13. The van der Waals surface area contributed by atoms with Crippen molar-refractivity contribution in [2.24, 2.45) is 11.7 Å². The summed E-state index contributed by atoms with van der Waals surface area (Å²) in [7, 11) is 0. The summed E-state index contributed by atoms with van der Waals surface area (Å²) in [6.07, 6.45) is -0.0144. The van der Waals surface area contributed by atoms with Gasteiger partial charge in [0.2, 0.25) is 0 Å². The molecule has 1 saturated carbocycles. The first-order valence-electron chi connectivity index (χ1n) is 6.52. The molecule has 1 aliphatic carbocycles. The van der Waals surface area contributed by atoms with Gasteiger partial charge in [-0.15, -0.1) is 12.4 Å². The number of nitrogens with two attached hydrogens (primary N) is 1. The molecule has 0 saturated heterocycles. The van der Waals surface area contributed by atoms with Crippen molar-refractivity contribution in [2.45, 2.75) is 44.3 Å². The predicted molar refractivity (Wildman–Crippen MR) is 72.2 cm³/mol. The topological polar surface area (TPSA) is 26.0 Å². The molecule has 0 aromatic heterocycles. The largest absolute Gasteiger partial charge is 0.419 e. The second kappa shape index (κ2) is 6.76. The van der Waals surface area contributed by atoms with E-state index in [4.69, 9.17) is 5.73 Å². The Hall–Kier alpha value is -0.810. The van der Waals surface area contributed by atoms with Crippen LogP contribution in [0.3, 0.4) is 0 Å². The maximum absolute atomic E-state index is 13.5. The van der Waals surface area contributed by atoms with Crippen LogP contribution in [0.1, 0.15) is 49.3 Å². The standard InChI is InChI=1S/C14H17F4N.ClH/c15-11-8-4-7-10(12(11)14(16,17)18)13(19)9-5-2-1-3-6-9;/h4,7-9,13H,1-3,5-6,19H2;1H/t13-;/m1./s1. The van der Waals surface area contributed by atoms with Gasteiger partial charge in [-0.2, -0.15) is 13.2 Å². The third kappa shape index (κ3) is 3.64. The molecule has 0 unspecified atom stereocenters. The molecule has 0 heterocycles. The molecule has 1 aromatic rings. The molecule has 0 aliphatic heterocycles. The van der Waals surface area contributed by atoms with Crippen LogP contribution in [-0.2, 0) is 6.18 Å². The van der Waals surface area contributed by atoms with Gasteiger partial charge in [-0.3, -0.25) is 0 Å². The van der Waals surface area contributed by atoms with E-state index in [0.29, 0.717) is 0 Å². The first-order chi connectivity index (χ1) is 8.91. The van der Waals surface area contributed by atoms with Crippen LogP contribution in [0, 0.1) is 11.7 Å². The fraction of sp³-hybridized carbons (Fsp3) is 0.571. The van der Waals surface area contributed by atoms with E-state index in [9.17, 15) is 17.6 Å². The number of rotatable bonds is 2. The minimum atomic E-state index is -4.70. The molecule has 2 rings (SSSR count). The zero-order chi connectivity index (χ0) is 14.0. The monoisotopic (exact) mass is 311 g/mol. The Kier molecular flexibility index (Phi) is 5.83. The van der Waals surface area contributed by atoms with Gasteiger partial charge in [0.1, 0.15) is 5.82 Å². The normalized spacial score (nSPS) is 18.4. The summed E-state index contributed by atoms with van der Waals surface area (Å²) < 4.78 is 52.3. The molecular formula is C14H18ClF4N. The van der Waals surface area contributed by atoms with Crippen molar-refractivity contribution in [1.82, 2.24) is 0 Å². The Morgan fingerprint density at radius 3 is 2.25 bits per heavy atom. The van der Waals surface area contributed by atoms with Gasteiger partial charge >= 0.3 is 6.18 Å². The van der Waals surface area contributed by atoms with Crippen molar-refractivity contribution < 1.29 is 17.6 Å². The molecule has 0 spiro atoms. The summed E-state index contributed by atoms with van der Waals surface area (Å²) in [6.45, 7) is 0. The molecular weight excluding hydrogens is 294 g/mol. The smallest absolute Gasteiger partial charge is 0.324 e. The van der Waals surface area contributed by atoms with Gasteiger partial charge in [-0.05, 0) is 30.4 Å². The molecule has 1 atom stereocenters. The highest BCUT2D eigenvalue weighted by Gasteiger charge is 2.39. The average Bonchev–Trinajstić information content (AvgIpc) is 2.37. The molecule has 1 fully saturated rings. The molecule has 0 bridgehead atoms. The average molecular weight is 312 g/mol. The van der Waals surface area contributed by atoms with Crippen molar-refractivity contribution in [2.75, 3.05) is 0 Å². The Morgan fingerprint density at radius 2 is 1.70 bits per heavy atom. The molecule has 0 amide bonds. The van der Waals surface area contributed by atoms with E-state index >= 15 is 0 Å². The Labute approximate surface area is 122 Å². The summed E-state index contributed by atoms with van der Waals surface area (Å²) in [5.74, 6) is -1.23. The maximum Gasteiger partial charge on any atom is 0.419 e. The van der Waals surface area contributed by atoms with Gasteiger partial charge in [0.25, 0.3) is 0 Å². The Morgan fingerprint density at radius 1 is 1.10 bits per heavy atom. The number of hydrogen-bond acceptors (Lipinski definition) is 1. The van der Waals surface area contributed by atoms with Crippen molar-refractivity contribution in [3.05, 3.63) is 35.1 Å². The summed E-state index contributed by atoms with van der Waals surface area (Å²) in [6, 6.07) is 2.68. The van der Waals surface area contributed by atoms with E-state index in [2.05, 4.69) is 0 Å². The molecule has 1 aromatic carbocycles. The zero-order valence-electron chi connectivity index (χ0n) is 10.9. The first-order valence-corrected chi connectivity index (χ1v) is 6.52. The van der Waals surface area contributed by atoms with E-state index in [1.54, 1.807) is 0 Å². The number of benzene rings is 1. The molecule has 114 valence electrons. The highest BCUT2D eigenvalue weighted by atomic mass is 35.5. The quantitative estimate of drug-likeness (QED) is 0.777.